The fraction of sp³-hybridized carbons (Fsp3) is 0.688. The molecule has 1 aromatic heterocycles. The second-order valence-corrected chi connectivity index (χ2v) is 6.32. The molecule has 7 heteroatoms. The topological polar surface area (TPSA) is 70.6 Å². The quantitative estimate of drug-likeness (QED) is 0.914. The Kier molecular flexibility index (Phi) is 4.83. The van der Waals surface area contributed by atoms with Gasteiger partial charge in [0.25, 0.3) is 5.88 Å². The summed E-state index contributed by atoms with van der Waals surface area (Å²) >= 11 is 0. The Balaban J connectivity index is 1.59. The zero-order chi connectivity index (χ0) is 16.2. The maximum absolute atomic E-state index is 12.4. The number of nitrogens with zero attached hydrogens (tertiary/aromatic N) is 4. The van der Waals surface area contributed by atoms with Crippen molar-refractivity contribution in [3.8, 4) is 5.88 Å². The van der Waals surface area contributed by atoms with Gasteiger partial charge in [-0.05, 0) is 19.3 Å². The molecule has 2 aliphatic rings. The lowest BCUT2D eigenvalue weighted by Gasteiger charge is -2.27. The van der Waals surface area contributed by atoms with Crippen LogP contribution in [0.25, 0.3) is 0 Å². The average molecular weight is 319 g/mol. The van der Waals surface area contributed by atoms with Crippen LogP contribution in [0.4, 0.5) is 10.6 Å². The van der Waals surface area contributed by atoms with Gasteiger partial charge >= 0.3 is 6.03 Å². The number of hydrogen-bond acceptors (Lipinski definition) is 5. The first kappa shape index (κ1) is 15.8. The molecule has 1 atom stereocenters. The molecule has 0 radical (unpaired) electrons. The standard InChI is InChI=1S/C16H25N5O2/c1-20(16(22)19-12-5-3-4-6-12)13-7-10-21(11-13)14-15(23-2)18-9-8-17-14/h8-9,12-13H,3-7,10-11H2,1-2H3,(H,19,22). The molecule has 0 aromatic carbocycles. The first-order valence-corrected chi connectivity index (χ1v) is 8.32. The minimum atomic E-state index is 0.0369. The van der Waals surface area contributed by atoms with Gasteiger partial charge in [-0.25, -0.2) is 14.8 Å². The molecular weight excluding hydrogens is 294 g/mol. The van der Waals surface area contributed by atoms with E-state index in [1.165, 1.54) is 12.8 Å². The van der Waals surface area contributed by atoms with Gasteiger partial charge in [0.05, 0.1) is 13.2 Å². The highest BCUT2D eigenvalue weighted by Crippen LogP contribution is 2.27. The van der Waals surface area contributed by atoms with Crippen LogP contribution in [-0.2, 0) is 0 Å². The number of amides is 2. The first-order chi connectivity index (χ1) is 11.2. The molecule has 23 heavy (non-hydrogen) atoms. The van der Waals surface area contributed by atoms with Crippen LogP contribution in [0.2, 0.25) is 0 Å². The predicted molar refractivity (Wildman–Crippen MR) is 87.8 cm³/mol. The summed E-state index contributed by atoms with van der Waals surface area (Å²) in [6, 6.07) is 0.570. The van der Waals surface area contributed by atoms with Crippen molar-refractivity contribution in [1.82, 2.24) is 20.2 Å². The van der Waals surface area contributed by atoms with Crippen molar-refractivity contribution in [2.75, 3.05) is 32.1 Å². The third kappa shape index (κ3) is 3.48. The van der Waals surface area contributed by atoms with Gasteiger partial charge in [-0.1, -0.05) is 12.8 Å². The normalized spacial score (nSPS) is 21.5. The molecule has 1 saturated carbocycles. The van der Waals surface area contributed by atoms with Crippen molar-refractivity contribution in [1.29, 1.82) is 0 Å². The van der Waals surface area contributed by atoms with Crippen molar-refractivity contribution < 1.29 is 9.53 Å². The van der Waals surface area contributed by atoms with Crippen LogP contribution in [0, 0.1) is 0 Å². The summed E-state index contributed by atoms with van der Waals surface area (Å²) in [6.07, 6.45) is 8.87. The highest BCUT2D eigenvalue weighted by atomic mass is 16.5. The summed E-state index contributed by atoms with van der Waals surface area (Å²) in [6.45, 7) is 1.60. The van der Waals surface area contributed by atoms with Gasteiger partial charge in [0, 0.05) is 38.6 Å². The Morgan fingerprint density at radius 3 is 2.78 bits per heavy atom. The molecular formula is C16H25N5O2. The van der Waals surface area contributed by atoms with Gasteiger partial charge in [-0.2, -0.15) is 0 Å². The van der Waals surface area contributed by atoms with Gasteiger partial charge < -0.3 is 19.9 Å². The van der Waals surface area contributed by atoms with E-state index in [1.54, 1.807) is 19.5 Å². The average Bonchev–Trinajstić information content (AvgIpc) is 3.25. The van der Waals surface area contributed by atoms with Gasteiger partial charge in [-0.3, -0.25) is 0 Å². The number of aromatic nitrogens is 2. The first-order valence-electron chi connectivity index (χ1n) is 8.32. The van der Waals surface area contributed by atoms with Gasteiger partial charge in [0.2, 0.25) is 0 Å². The van der Waals surface area contributed by atoms with E-state index in [4.69, 9.17) is 4.74 Å². The zero-order valence-electron chi connectivity index (χ0n) is 13.9. The molecule has 2 fully saturated rings. The number of ether oxygens (including phenoxy) is 1. The Hall–Kier alpha value is -2.05. The van der Waals surface area contributed by atoms with Crippen molar-refractivity contribution in [2.24, 2.45) is 0 Å². The number of rotatable bonds is 4. The number of urea groups is 1. The summed E-state index contributed by atoms with van der Waals surface area (Å²) in [7, 11) is 3.48. The molecule has 1 aromatic rings. The van der Waals surface area contributed by atoms with E-state index in [0.29, 0.717) is 11.9 Å². The number of hydrogen-bond donors (Lipinski definition) is 1. The number of likely N-dealkylation sites (N-methyl/N-ethyl adjacent to an activating group) is 1. The summed E-state index contributed by atoms with van der Waals surface area (Å²) in [5, 5.41) is 3.15. The molecule has 1 aliphatic carbocycles. The van der Waals surface area contributed by atoms with Crippen molar-refractivity contribution in [3.05, 3.63) is 12.4 Å². The van der Waals surface area contributed by atoms with E-state index in [2.05, 4.69) is 20.2 Å². The number of anilines is 1. The third-order valence-corrected chi connectivity index (χ3v) is 4.85. The maximum atomic E-state index is 12.4. The largest absolute Gasteiger partial charge is 0.478 e. The monoisotopic (exact) mass is 319 g/mol. The molecule has 0 spiro atoms. The Labute approximate surface area is 137 Å². The van der Waals surface area contributed by atoms with E-state index in [9.17, 15) is 4.79 Å². The lowest BCUT2D eigenvalue weighted by Crippen LogP contribution is -2.47. The van der Waals surface area contributed by atoms with Gasteiger partial charge in [-0.15, -0.1) is 0 Å². The molecule has 3 rings (SSSR count). The summed E-state index contributed by atoms with van der Waals surface area (Å²) in [5.41, 5.74) is 0. The minimum Gasteiger partial charge on any atom is -0.478 e. The third-order valence-electron chi connectivity index (χ3n) is 4.85. The molecule has 0 bridgehead atoms. The number of nitrogens with one attached hydrogen (secondary N) is 1. The van der Waals surface area contributed by atoms with Crippen LogP contribution < -0.4 is 15.0 Å². The van der Waals surface area contributed by atoms with E-state index in [1.807, 2.05) is 11.9 Å². The number of carbonyl (C=O) groups excluding carboxylic acids is 1. The van der Waals surface area contributed by atoms with Gasteiger partial charge in [0.1, 0.15) is 0 Å². The lowest BCUT2D eigenvalue weighted by molar-refractivity contribution is 0.190. The molecule has 1 N–H and O–H groups in total. The van der Waals surface area contributed by atoms with Crippen LogP contribution in [0.5, 0.6) is 5.88 Å². The van der Waals surface area contributed by atoms with Crippen LogP contribution in [0.1, 0.15) is 32.1 Å². The van der Waals surface area contributed by atoms with Crippen molar-refractivity contribution in [2.45, 2.75) is 44.2 Å². The second-order valence-electron chi connectivity index (χ2n) is 6.32. The van der Waals surface area contributed by atoms with E-state index >= 15 is 0 Å². The Morgan fingerprint density at radius 1 is 1.30 bits per heavy atom. The molecule has 7 nitrogen and oxygen atoms in total. The SMILES string of the molecule is COc1nccnc1N1CCC(N(C)C(=O)NC2CCCC2)C1. The van der Waals surface area contributed by atoms with E-state index in [0.717, 1.165) is 38.2 Å². The van der Waals surface area contributed by atoms with E-state index < -0.39 is 0 Å². The molecule has 126 valence electrons. The lowest BCUT2D eigenvalue weighted by atomic mass is 10.2. The molecule has 2 amide bonds. The second kappa shape index (κ2) is 7.02. The predicted octanol–water partition coefficient (Wildman–Crippen LogP) is 1.65. The van der Waals surface area contributed by atoms with Crippen molar-refractivity contribution in [3.63, 3.8) is 0 Å². The highest BCUT2D eigenvalue weighted by molar-refractivity contribution is 5.74. The smallest absolute Gasteiger partial charge is 0.317 e. The molecule has 1 saturated heterocycles. The van der Waals surface area contributed by atoms with Crippen LogP contribution in [0.3, 0.4) is 0 Å². The Morgan fingerprint density at radius 2 is 2.04 bits per heavy atom. The summed E-state index contributed by atoms with van der Waals surface area (Å²) < 4.78 is 5.28. The molecule has 1 unspecified atom stereocenters. The summed E-state index contributed by atoms with van der Waals surface area (Å²) in [4.78, 5) is 24.9. The fourth-order valence-corrected chi connectivity index (χ4v) is 3.44. The fourth-order valence-electron chi connectivity index (χ4n) is 3.44. The minimum absolute atomic E-state index is 0.0369. The van der Waals surface area contributed by atoms with E-state index in [-0.39, 0.29) is 12.1 Å². The Bertz CT molecular complexity index is 547. The maximum Gasteiger partial charge on any atom is 0.317 e. The van der Waals surface area contributed by atoms with Crippen LogP contribution >= 0.6 is 0 Å². The zero-order valence-corrected chi connectivity index (χ0v) is 13.9. The highest BCUT2D eigenvalue weighted by Gasteiger charge is 2.31. The van der Waals surface area contributed by atoms with Crippen LogP contribution in [-0.4, -0.2) is 60.2 Å². The number of carbonyl (C=O) groups is 1. The van der Waals surface area contributed by atoms with Crippen LogP contribution in [0.15, 0.2) is 12.4 Å². The van der Waals surface area contributed by atoms with Gasteiger partial charge in [0.15, 0.2) is 5.82 Å². The molecule has 2 heterocycles. The van der Waals surface area contributed by atoms with Crippen molar-refractivity contribution >= 4 is 11.8 Å². The molecule has 1 aliphatic heterocycles. The summed E-state index contributed by atoms with van der Waals surface area (Å²) in [5.74, 6) is 1.29. The number of methoxy groups -OCH3 is 1.